The molecular formula is C17H22N2OS. The molecule has 1 unspecified atom stereocenters. The lowest BCUT2D eigenvalue weighted by molar-refractivity contribution is 0.393. The number of nitrogens with zero attached hydrogens (tertiary/aromatic N) is 1. The molecule has 1 heterocycles. The second-order valence-corrected chi connectivity index (χ2v) is 6.93. The number of aryl methyl sites for hydroxylation is 2. The van der Waals surface area contributed by atoms with Crippen LogP contribution < -0.4 is 10.1 Å². The molecule has 1 atom stereocenters. The van der Waals surface area contributed by atoms with Crippen LogP contribution in [0.3, 0.4) is 0 Å². The topological polar surface area (TPSA) is 34.1 Å². The van der Waals surface area contributed by atoms with Crippen LogP contribution in [0.4, 0.5) is 0 Å². The predicted octanol–water partition coefficient (Wildman–Crippen LogP) is 3.32. The average Bonchev–Trinajstić information content (AvgIpc) is 3.09. The van der Waals surface area contributed by atoms with Crippen LogP contribution in [0.25, 0.3) is 0 Å². The van der Waals surface area contributed by atoms with Crippen molar-refractivity contribution in [3.63, 3.8) is 0 Å². The zero-order valence-electron chi connectivity index (χ0n) is 12.9. The minimum Gasteiger partial charge on any atom is -0.497 e. The van der Waals surface area contributed by atoms with Crippen LogP contribution in [0.1, 0.15) is 34.5 Å². The summed E-state index contributed by atoms with van der Waals surface area (Å²) in [5.74, 6) is 0.901. The second-order valence-electron chi connectivity index (χ2n) is 5.85. The Hall–Kier alpha value is -1.39. The highest BCUT2D eigenvalue weighted by Gasteiger charge is 2.31. The second kappa shape index (κ2) is 5.78. The molecule has 3 rings (SSSR count). The number of likely N-dealkylation sites (N-methyl/N-ethyl adjacent to an activating group) is 1. The molecule has 0 saturated heterocycles. The van der Waals surface area contributed by atoms with Crippen LogP contribution in [-0.2, 0) is 24.8 Å². The SMILES string of the molecule is CNC(C)(Cc1ccc(OC)cc1)c1nc2c(s1)CCC2. The van der Waals surface area contributed by atoms with Gasteiger partial charge in [0.2, 0.25) is 0 Å². The Morgan fingerprint density at radius 3 is 2.67 bits per heavy atom. The van der Waals surface area contributed by atoms with E-state index in [1.165, 1.54) is 34.0 Å². The Morgan fingerprint density at radius 1 is 1.29 bits per heavy atom. The Kier molecular flexibility index (Phi) is 4.00. The van der Waals surface area contributed by atoms with Gasteiger partial charge in [-0.1, -0.05) is 12.1 Å². The number of rotatable bonds is 5. The number of methoxy groups -OCH3 is 1. The van der Waals surface area contributed by atoms with Gasteiger partial charge in [-0.2, -0.15) is 0 Å². The molecule has 0 fully saturated rings. The van der Waals surface area contributed by atoms with Crippen LogP contribution >= 0.6 is 11.3 Å². The average molecular weight is 302 g/mol. The van der Waals surface area contributed by atoms with E-state index in [1.54, 1.807) is 7.11 Å². The van der Waals surface area contributed by atoms with Crippen LogP contribution in [0, 0.1) is 0 Å². The van der Waals surface area contributed by atoms with Gasteiger partial charge < -0.3 is 10.1 Å². The molecule has 1 aromatic carbocycles. The first-order valence-corrected chi connectivity index (χ1v) is 8.27. The minimum absolute atomic E-state index is 0.108. The van der Waals surface area contributed by atoms with Gasteiger partial charge in [0.05, 0.1) is 18.3 Å². The van der Waals surface area contributed by atoms with Gasteiger partial charge in [-0.05, 0) is 57.4 Å². The molecule has 2 aromatic rings. The first-order valence-electron chi connectivity index (χ1n) is 7.45. The van der Waals surface area contributed by atoms with E-state index in [1.807, 2.05) is 30.5 Å². The van der Waals surface area contributed by atoms with Crippen molar-refractivity contribution < 1.29 is 4.74 Å². The maximum Gasteiger partial charge on any atom is 0.118 e. The van der Waals surface area contributed by atoms with Crippen molar-refractivity contribution in [1.29, 1.82) is 0 Å². The number of nitrogens with one attached hydrogen (secondary N) is 1. The van der Waals surface area contributed by atoms with E-state index in [9.17, 15) is 0 Å². The Bertz CT molecular complexity index is 599. The van der Waals surface area contributed by atoms with Crippen LogP contribution in [0.2, 0.25) is 0 Å². The largest absolute Gasteiger partial charge is 0.497 e. The van der Waals surface area contributed by atoms with Gasteiger partial charge >= 0.3 is 0 Å². The van der Waals surface area contributed by atoms with E-state index in [2.05, 4.69) is 24.4 Å². The third kappa shape index (κ3) is 2.83. The molecule has 1 aromatic heterocycles. The Labute approximate surface area is 130 Å². The molecule has 0 aliphatic heterocycles. The fraction of sp³-hybridized carbons (Fsp3) is 0.471. The van der Waals surface area contributed by atoms with Gasteiger partial charge in [0.15, 0.2) is 0 Å². The first kappa shape index (κ1) is 14.5. The molecule has 0 bridgehead atoms. The van der Waals surface area contributed by atoms with Crippen molar-refractivity contribution in [2.75, 3.05) is 14.2 Å². The molecule has 0 radical (unpaired) electrons. The zero-order chi connectivity index (χ0) is 14.9. The van der Waals surface area contributed by atoms with E-state index >= 15 is 0 Å². The highest BCUT2D eigenvalue weighted by Crippen LogP contribution is 2.35. The van der Waals surface area contributed by atoms with Crippen molar-refractivity contribution in [3.8, 4) is 5.75 Å². The molecule has 1 N–H and O–H groups in total. The minimum atomic E-state index is -0.108. The van der Waals surface area contributed by atoms with Crippen LogP contribution in [0.15, 0.2) is 24.3 Å². The van der Waals surface area contributed by atoms with E-state index in [-0.39, 0.29) is 5.54 Å². The van der Waals surface area contributed by atoms with Gasteiger partial charge in [0, 0.05) is 4.88 Å². The number of hydrogen-bond acceptors (Lipinski definition) is 4. The van der Waals surface area contributed by atoms with E-state index < -0.39 is 0 Å². The highest BCUT2D eigenvalue weighted by atomic mass is 32.1. The van der Waals surface area contributed by atoms with Crippen LogP contribution in [-0.4, -0.2) is 19.1 Å². The monoisotopic (exact) mass is 302 g/mol. The van der Waals surface area contributed by atoms with Gasteiger partial charge in [-0.15, -0.1) is 11.3 Å². The molecule has 1 aliphatic rings. The normalized spacial score (nSPS) is 16.5. The summed E-state index contributed by atoms with van der Waals surface area (Å²) >= 11 is 1.88. The summed E-state index contributed by atoms with van der Waals surface area (Å²) in [4.78, 5) is 6.38. The van der Waals surface area contributed by atoms with Gasteiger partial charge in [0.25, 0.3) is 0 Å². The van der Waals surface area contributed by atoms with Crippen molar-refractivity contribution in [3.05, 3.63) is 45.4 Å². The molecule has 1 aliphatic carbocycles. The summed E-state index contributed by atoms with van der Waals surface area (Å²) in [6, 6.07) is 8.31. The summed E-state index contributed by atoms with van der Waals surface area (Å²) in [5, 5.41) is 4.69. The number of fused-ring (bicyclic) bond motifs is 1. The number of thiazole rings is 1. The maximum absolute atomic E-state index is 5.23. The molecule has 0 amide bonds. The molecular weight excluding hydrogens is 280 g/mol. The van der Waals surface area contributed by atoms with Crippen molar-refractivity contribution in [1.82, 2.24) is 10.3 Å². The van der Waals surface area contributed by atoms with Crippen molar-refractivity contribution in [2.24, 2.45) is 0 Å². The molecule has 21 heavy (non-hydrogen) atoms. The highest BCUT2D eigenvalue weighted by molar-refractivity contribution is 7.12. The van der Waals surface area contributed by atoms with E-state index in [0.29, 0.717) is 0 Å². The fourth-order valence-electron chi connectivity index (χ4n) is 2.85. The van der Waals surface area contributed by atoms with Gasteiger partial charge in [-0.25, -0.2) is 4.98 Å². The molecule has 0 spiro atoms. The van der Waals surface area contributed by atoms with Gasteiger partial charge in [0.1, 0.15) is 10.8 Å². The Balaban J connectivity index is 1.84. The quantitative estimate of drug-likeness (QED) is 0.920. The smallest absolute Gasteiger partial charge is 0.118 e. The lowest BCUT2D eigenvalue weighted by Gasteiger charge is -2.27. The standard InChI is InChI=1S/C17H22N2OS/c1-17(18-2,11-12-7-9-13(20-3)10-8-12)16-19-14-5-4-6-15(14)21-16/h7-10,18H,4-6,11H2,1-3H3. The fourth-order valence-corrected chi connectivity index (χ4v) is 4.15. The summed E-state index contributed by atoms with van der Waals surface area (Å²) in [6.07, 6.45) is 4.55. The van der Waals surface area contributed by atoms with Crippen molar-refractivity contribution >= 4 is 11.3 Å². The number of hydrogen-bond donors (Lipinski definition) is 1. The first-order chi connectivity index (χ1) is 10.1. The Morgan fingerprint density at radius 2 is 2.05 bits per heavy atom. The van der Waals surface area contributed by atoms with E-state index in [0.717, 1.165) is 18.6 Å². The number of benzene rings is 1. The van der Waals surface area contributed by atoms with E-state index in [4.69, 9.17) is 9.72 Å². The molecule has 0 saturated carbocycles. The summed E-state index contributed by atoms with van der Waals surface area (Å²) in [6.45, 7) is 2.24. The van der Waals surface area contributed by atoms with Gasteiger partial charge in [-0.3, -0.25) is 0 Å². The molecule has 3 nitrogen and oxygen atoms in total. The third-order valence-corrected chi connectivity index (χ3v) is 5.76. The zero-order valence-corrected chi connectivity index (χ0v) is 13.7. The summed E-state index contributed by atoms with van der Waals surface area (Å²) < 4.78 is 5.23. The number of aromatic nitrogens is 1. The maximum atomic E-state index is 5.23. The predicted molar refractivity (Wildman–Crippen MR) is 87.2 cm³/mol. The summed E-state index contributed by atoms with van der Waals surface area (Å²) in [5.41, 5.74) is 2.51. The van der Waals surface area contributed by atoms with Crippen LogP contribution in [0.5, 0.6) is 5.75 Å². The number of ether oxygens (including phenoxy) is 1. The molecule has 4 heteroatoms. The lowest BCUT2D eigenvalue weighted by atomic mass is 9.93. The lowest BCUT2D eigenvalue weighted by Crippen LogP contribution is -2.39. The molecule has 112 valence electrons. The third-order valence-electron chi connectivity index (χ3n) is 4.34. The summed E-state index contributed by atoms with van der Waals surface area (Å²) in [7, 11) is 3.72. The van der Waals surface area contributed by atoms with Crippen molar-refractivity contribution in [2.45, 2.75) is 38.1 Å².